The van der Waals surface area contributed by atoms with E-state index in [1.54, 1.807) is 11.5 Å². The first kappa shape index (κ1) is 17.0. The molecule has 0 radical (unpaired) electrons. The quantitative estimate of drug-likeness (QED) is 0.654. The molecular weight excluding hydrogens is 400 g/mol. The van der Waals surface area contributed by atoms with Crippen molar-refractivity contribution in [2.45, 2.75) is 39.3 Å². The first-order valence-electron chi connectivity index (χ1n) is 8.46. The third-order valence-electron chi connectivity index (χ3n) is 4.56. The van der Waals surface area contributed by atoms with Crippen LogP contribution in [0.2, 0.25) is 0 Å². The highest BCUT2D eigenvalue weighted by atomic mass is 79.9. The van der Waals surface area contributed by atoms with E-state index >= 15 is 0 Å². The lowest BCUT2D eigenvalue weighted by Crippen LogP contribution is -2.44. The van der Waals surface area contributed by atoms with Gasteiger partial charge in [-0.1, -0.05) is 33.2 Å². The minimum Gasteiger partial charge on any atom is -0.339 e. The van der Waals surface area contributed by atoms with E-state index in [1.807, 2.05) is 24.3 Å². The van der Waals surface area contributed by atoms with Gasteiger partial charge in [0, 0.05) is 23.6 Å². The van der Waals surface area contributed by atoms with E-state index in [0.29, 0.717) is 30.1 Å². The van der Waals surface area contributed by atoms with Crippen LogP contribution in [-0.2, 0) is 19.5 Å². The maximum absolute atomic E-state index is 13.2. The van der Waals surface area contributed by atoms with E-state index in [0.717, 1.165) is 22.9 Å². The Hall–Kier alpha value is -2.48. The van der Waals surface area contributed by atoms with Crippen molar-refractivity contribution in [3.63, 3.8) is 0 Å². The van der Waals surface area contributed by atoms with Crippen molar-refractivity contribution >= 4 is 15.9 Å². The van der Waals surface area contributed by atoms with Crippen molar-refractivity contribution < 1.29 is 4.52 Å². The fourth-order valence-electron chi connectivity index (χ4n) is 3.38. The van der Waals surface area contributed by atoms with Crippen molar-refractivity contribution in [1.29, 1.82) is 0 Å². The molecular formula is C18H17BrN4O3. The summed E-state index contributed by atoms with van der Waals surface area (Å²) in [5.74, 6) is 0.639. The Labute approximate surface area is 157 Å². The molecule has 3 heterocycles. The molecule has 0 bridgehead atoms. The minimum atomic E-state index is -0.371. The van der Waals surface area contributed by atoms with Gasteiger partial charge in [0.25, 0.3) is 5.56 Å². The van der Waals surface area contributed by atoms with Gasteiger partial charge in [-0.15, -0.1) is 0 Å². The van der Waals surface area contributed by atoms with Gasteiger partial charge in [0.2, 0.25) is 11.7 Å². The molecule has 1 aromatic carbocycles. The first-order valence-corrected chi connectivity index (χ1v) is 9.25. The smallest absolute Gasteiger partial charge is 0.331 e. The second-order valence-corrected chi connectivity index (χ2v) is 7.29. The van der Waals surface area contributed by atoms with E-state index in [1.165, 1.54) is 4.57 Å². The summed E-state index contributed by atoms with van der Waals surface area (Å²) in [6.45, 7) is 2.47. The maximum Gasteiger partial charge on any atom is 0.331 e. The highest BCUT2D eigenvalue weighted by molar-refractivity contribution is 9.10. The lowest BCUT2D eigenvalue weighted by atomic mass is 10.0. The summed E-state index contributed by atoms with van der Waals surface area (Å²) < 4.78 is 8.91. The van der Waals surface area contributed by atoms with Crippen LogP contribution in [0.4, 0.5) is 0 Å². The molecule has 0 saturated carbocycles. The fraction of sp³-hybridized carbons (Fsp3) is 0.333. The van der Waals surface area contributed by atoms with Gasteiger partial charge < -0.3 is 4.52 Å². The predicted octanol–water partition coefficient (Wildman–Crippen LogP) is 2.52. The molecule has 7 nitrogen and oxygen atoms in total. The number of hydrogen-bond donors (Lipinski definition) is 0. The van der Waals surface area contributed by atoms with Crippen molar-refractivity contribution in [3.05, 3.63) is 66.7 Å². The van der Waals surface area contributed by atoms with Crippen LogP contribution in [0.1, 0.15) is 30.0 Å². The van der Waals surface area contributed by atoms with Crippen LogP contribution in [0.15, 0.2) is 42.9 Å². The summed E-state index contributed by atoms with van der Waals surface area (Å²) in [5, 5.41) is 3.92. The Kier molecular flexibility index (Phi) is 4.36. The number of fused-ring (bicyclic) bond motifs is 1. The molecule has 1 aliphatic rings. The second-order valence-electron chi connectivity index (χ2n) is 6.37. The van der Waals surface area contributed by atoms with Crippen molar-refractivity contribution in [2.75, 3.05) is 0 Å². The first-order chi connectivity index (χ1) is 12.5. The maximum atomic E-state index is 13.2. The molecule has 26 heavy (non-hydrogen) atoms. The largest absolute Gasteiger partial charge is 0.339 e. The summed E-state index contributed by atoms with van der Waals surface area (Å²) in [4.78, 5) is 30.4. The highest BCUT2D eigenvalue weighted by Gasteiger charge is 2.25. The van der Waals surface area contributed by atoms with Gasteiger partial charge in [0.15, 0.2) is 0 Å². The molecule has 1 aliphatic heterocycles. The van der Waals surface area contributed by atoms with Gasteiger partial charge in [0.05, 0.1) is 6.54 Å². The van der Waals surface area contributed by atoms with E-state index in [-0.39, 0.29) is 23.6 Å². The monoisotopic (exact) mass is 416 g/mol. The minimum absolute atomic E-state index is 0.196. The Morgan fingerprint density at radius 3 is 2.85 bits per heavy atom. The number of benzene rings is 1. The lowest BCUT2D eigenvalue weighted by molar-refractivity contribution is 0.394. The Balaban J connectivity index is 1.94. The van der Waals surface area contributed by atoms with Crippen LogP contribution in [-0.4, -0.2) is 19.3 Å². The summed E-state index contributed by atoms with van der Waals surface area (Å²) in [6, 6.07) is 7.57. The number of nitrogens with zero attached hydrogens (tertiary/aromatic N) is 4. The molecule has 0 N–H and O–H groups in total. The number of aryl methyl sites for hydroxylation is 1. The van der Waals surface area contributed by atoms with E-state index in [9.17, 15) is 9.59 Å². The number of halogens is 1. The van der Waals surface area contributed by atoms with Gasteiger partial charge >= 0.3 is 5.69 Å². The van der Waals surface area contributed by atoms with Crippen LogP contribution in [0.3, 0.4) is 0 Å². The van der Waals surface area contributed by atoms with E-state index in [2.05, 4.69) is 26.1 Å². The van der Waals surface area contributed by atoms with Crippen molar-refractivity contribution in [2.24, 2.45) is 0 Å². The van der Waals surface area contributed by atoms with Crippen LogP contribution >= 0.6 is 15.9 Å². The number of rotatable bonds is 3. The predicted molar refractivity (Wildman–Crippen MR) is 99.2 cm³/mol. The fourth-order valence-corrected chi connectivity index (χ4v) is 3.82. The Morgan fingerprint density at radius 2 is 2.12 bits per heavy atom. The molecule has 2 aromatic heterocycles. The average molecular weight is 417 g/mol. The van der Waals surface area contributed by atoms with Gasteiger partial charge in [-0.25, -0.2) is 4.79 Å². The molecule has 0 saturated heterocycles. The molecule has 0 fully saturated rings. The highest BCUT2D eigenvalue weighted by Crippen LogP contribution is 2.22. The van der Waals surface area contributed by atoms with Gasteiger partial charge in [-0.3, -0.25) is 13.9 Å². The van der Waals surface area contributed by atoms with Gasteiger partial charge in [-0.05, 0) is 37.0 Å². The molecule has 134 valence electrons. The van der Waals surface area contributed by atoms with Crippen LogP contribution < -0.4 is 11.2 Å². The van der Waals surface area contributed by atoms with Gasteiger partial charge in [-0.2, -0.15) is 4.98 Å². The van der Waals surface area contributed by atoms with E-state index in [4.69, 9.17) is 4.52 Å². The third kappa shape index (κ3) is 2.94. The summed E-state index contributed by atoms with van der Waals surface area (Å²) in [5.41, 5.74) is 1.29. The third-order valence-corrected chi connectivity index (χ3v) is 5.05. The lowest BCUT2D eigenvalue weighted by Gasteiger charge is -2.22. The topological polar surface area (TPSA) is 82.9 Å². The standard InChI is InChI=1S/C18H17BrN4O3/c1-11-20-16(21-26-11)15-14-7-2-3-8-22(14)18(25)23(17(15)24)10-12-5-4-6-13(19)9-12/h4-6,9H,2-3,7-8,10H2,1H3. The zero-order chi connectivity index (χ0) is 18.3. The van der Waals surface area contributed by atoms with E-state index < -0.39 is 0 Å². The van der Waals surface area contributed by atoms with Crippen LogP contribution in [0, 0.1) is 6.92 Å². The summed E-state index contributed by atoms with van der Waals surface area (Å²) >= 11 is 3.42. The van der Waals surface area contributed by atoms with Gasteiger partial charge in [0.1, 0.15) is 5.56 Å². The summed E-state index contributed by atoms with van der Waals surface area (Å²) in [6.07, 6.45) is 2.50. The molecule has 0 atom stereocenters. The Morgan fingerprint density at radius 1 is 1.27 bits per heavy atom. The normalized spacial score (nSPS) is 13.6. The molecule has 8 heteroatoms. The second kappa shape index (κ2) is 6.68. The zero-order valence-corrected chi connectivity index (χ0v) is 15.8. The number of hydrogen-bond acceptors (Lipinski definition) is 5. The number of aromatic nitrogens is 4. The van der Waals surface area contributed by atoms with Crippen molar-refractivity contribution in [1.82, 2.24) is 19.3 Å². The average Bonchev–Trinajstić information content (AvgIpc) is 3.05. The summed E-state index contributed by atoms with van der Waals surface area (Å²) in [7, 11) is 0. The van der Waals surface area contributed by atoms with Crippen LogP contribution in [0.25, 0.3) is 11.4 Å². The molecule has 3 aromatic rings. The molecule has 4 rings (SSSR count). The zero-order valence-electron chi connectivity index (χ0n) is 14.2. The van der Waals surface area contributed by atoms with Crippen LogP contribution in [0.5, 0.6) is 0 Å². The van der Waals surface area contributed by atoms with Crippen molar-refractivity contribution in [3.8, 4) is 11.4 Å². The Bertz CT molecular complexity index is 1100. The molecule has 0 unspecified atom stereocenters. The SMILES string of the molecule is Cc1nc(-c2c3n(c(=O)n(Cc4cccc(Br)c4)c2=O)CCCC3)no1. The molecule has 0 aliphatic carbocycles. The molecule has 0 amide bonds. The molecule has 0 spiro atoms.